The molecule has 3 nitrogen and oxygen atoms in total. The first-order chi connectivity index (χ1) is 8.18. The minimum absolute atomic E-state index is 0.139. The fourth-order valence-electron chi connectivity index (χ4n) is 3.55. The largest absolute Gasteiger partial charge is 0.322 e. The van der Waals surface area contributed by atoms with E-state index in [-0.39, 0.29) is 11.7 Å². The summed E-state index contributed by atoms with van der Waals surface area (Å²) in [5.41, 5.74) is -0.139. The summed E-state index contributed by atoms with van der Waals surface area (Å²) in [4.78, 5) is 14.7. The topological polar surface area (TPSA) is 32.3 Å². The molecule has 0 aromatic heterocycles. The van der Waals surface area contributed by atoms with Crippen molar-refractivity contribution in [3.8, 4) is 0 Å². The van der Waals surface area contributed by atoms with Crippen molar-refractivity contribution >= 4 is 17.7 Å². The van der Waals surface area contributed by atoms with Crippen molar-refractivity contribution in [1.29, 1.82) is 0 Å². The summed E-state index contributed by atoms with van der Waals surface area (Å²) in [5, 5.41) is 4.16. The molecule has 96 valence electrons. The number of hydrogen-bond donors (Lipinski definition) is 1. The zero-order chi connectivity index (χ0) is 12.0. The van der Waals surface area contributed by atoms with E-state index in [9.17, 15) is 4.79 Å². The van der Waals surface area contributed by atoms with Gasteiger partial charge in [0.15, 0.2) is 0 Å². The normalized spacial score (nSPS) is 40.0. The Labute approximate surface area is 108 Å². The second-order valence-corrected chi connectivity index (χ2v) is 6.82. The number of rotatable bonds is 2. The predicted octanol–water partition coefficient (Wildman–Crippen LogP) is 1.97. The highest BCUT2D eigenvalue weighted by Gasteiger charge is 2.59. The van der Waals surface area contributed by atoms with Crippen molar-refractivity contribution in [3.05, 3.63) is 0 Å². The minimum atomic E-state index is -0.139. The van der Waals surface area contributed by atoms with Gasteiger partial charge in [0, 0.05) is 11.3 Å². The quantitative estimate of drug-likeness (QED) is 0.818. The Morgan fingerprint density at radius 3 is 2.65 bits per heavy atom. The van der Waals surface area contributed by atoms with Crippen LogP contribution in [0, 0.1) is 0 Å². The van der Waals surface area contributed by atoms with E-state index in [2.05, 4.69) is 23.4 Å². The van der Waals surface area contributed by atoms with Gasteiger partial charge in [0.1, 0.15) is 0 Å². The number of thioether (sulfide) groups is 1. The molecule has 1 amide bonds. The molecule has 0 bridgehead atoms. The van der Waals surface area contributed by atoms with Gasteiger partial charge in [-0.3, -0.25) is 10.1 Å². The highest BCUT2D eigenvalue weighted by atomic mass is 32.2. The van der Waals surface area contributed by atoms with Gasteiger partial charge in [0.25, 0.3) is 0 Å². The molecule has 1 heterocycles. The minimum Gasteiger partial charge on any atom is -0.322 e. The molecular formula is C13H22N2OS. The van der Waals surface area contributed by atoms with E-state index in [1.165, 1.54) is 25.7 Å². The Hall–Kier alpha value is -0.220. The lowest BCUT2D eigenvalue weighted by Crippen LogP contribution is -2.49. The summed E-state index contributed by atoms with van der Waals surface area (Å²) in [6, 6.07) is 0.466. The van der Waals surface area contributed by atoms with Crippen molar-refractivity contribution in [2.24, 2.45) is 0 Å². The molecule has 2 aliphatic carbocycles. The zero-order valence-corrected chi connectivity index (χ0v) is 11.6. The smallest absolute Gasteiger partial charge is 0.244 e. The van der Waals surface area contributed by atoms with E-state index in [1.807, 2.05) is 11.8 Å². The van der Waals surface area contributed by atoms with E-state index in [0.29, 0.717) is 17.2 Å². The number of amides is 1. The van der Waals surface area contributed by atoms with Gasteiger partial charge in [0.05, 0.1) is 11.7 Å². The average molecular weight is 254 g/mol. The molecule has 3 rings (SSSR count). The molecule has 0 aromatic rings. The van der Waals surface area contributed by atoms with Gasteiger partial charge in [-0.1, -0.05) is 12.8 Å². The number of nitrogens with one attached hydrogen (secondary N) is 1. The summed E-state index contributed by atoms with van der Waals surface area (Å²) in [6.45, 7) is 2.15. The SMILES string of the molecule is CSC1CCCCC1N1C(=O)C2(CC2)NC1C. The number of carbonyl (C=O) groups is 1. The van der Waals surface area contributed by atoms with E-state index in [4.69, 9.17) is 0 Å². The molecule has 3 fully saturated rings. The van der Waals surface area contributed by atoms with Gasteiger partial charge in [-0.25, -0.2) is 0 Å². The van der Waals surface area contributed by atoms with Crippen molar-refractivity contribution in [2.45, 2.75) is 68.4 Å². The van der Waals surface area contributed by atoms with E-state index < -0.39 is 0 Å². The molecule has 1 aliphatic heterocycles. The highest BCUT2D eigenvalue weighted by molar-refractivity contribution is 7.99. The Kier molecular flexibility index (Phi) is 2.90. The Bertz CT molecular complexity index is 329. The molecule has 3 atom stereocenters. The average Bonchev–Trinajstić information content (AvgIpc) is 3.05. The van der Waals surface area contributed by atoms with Gasteiger partial charge >= 0.3 is 0 Å². The molecule has 4 heteroatoms. The van der Waals surface area contributed by atoms with Crippen LogP contribution < -0.4 is 5.32 Å². The Morgan fingerprint density at radius 1 is 1.35 bits per heavy atom. The molecule has 17 heavy (non-hydrogen) atoms. The molecule has 2 saturated carbocycles. The summed E-state index contributed by atoms with van der Waals surface area (Å²) >= 11 is 1.94. The summed E-state index contributed by atoms with van der Waals surface area (Å²) in [6.07, 6.45) is 9.60. The monoisotopic (exact) mass is 254 g/mol. The number of nitrogens with zero attached hydrogens (tertiary/aromatic N) is 1. The lowest BCUT2D eigenvalue weighted by molar-refractivity contribution is -0.133. The Morgan fingerprint density at radius 2 is 2.06 bits per heavy atom. The first-order valence-corrected chi connectivity index (χ1v) is 8.10. The number of carbonyl (C=O) groups excluding carboxylic acids is 1. The lowest BCUT2D eigenvalue weighted by Gasteiger charge is -2.39. The lowest BCUT2D eigenvalue weighted by atomic mass is 9.93. The summed E-state index contributed by atoms with van der Waals surface area (Å²) in [7, 11) is 0. The van der Waals surface area contributed by atoms with Gasteiger partial charge in [-0.2, -0.15) is 11.8 Å². The summed E-state index contributed by atoms with van der Waals surface area (Å²) < 4.78 is 0. The van der Waals surface area contributed by atoms with Crippen LogP contribution in [0.25, 0.3) is 0 Å². The summed E-state index contributed by atoms with van der Waals surface area (Å²) in [5.74, 6) is 0.385. The van der Waals surface area contributed by atoms with Crippen molar-refractivity contribution < 1.29 is 4.79 Å². The van der Waals surface area contributed by atoms with Crippen molar-refractivity contribution in [1.82, 2.24) is 10.2 Å². The third kappa shape index (κ3) is 1.80. The van der Waals surface area contributed by atoms with E-state index in [1.54, 1.807) is 0 Å². The Balaban J connectivity index is 1.80. The second-order valence-electron chi connectivity index (χ2n) is 5.74. The van der Waals surface area contributed by atoms with Crippen molar-refractivity contribution in [3.63, 3.8) is 0 Å². The van der Waals surface area contributed by atoms with Crippen LogP contribution in [0.3, 0.4) is 0 Å². The van der Waals surface area contributed by atoms with Crippen LogP contribution in [-0.2, 0) is 4.79 Å². The molecular weight excluding hydrogens is 232 g/mol. The predicted molar refractivity (Wildman–Crippen MR) is 71.0 cm³/mol. The van der Waals surface area contributed by atoms with Crippen LogP contribution in [0.2, 0.25) is 0 Å². The van der Waals surface area contributed by atoms with E-state index >= 15 is 0 Å². The molecule has 0 aromatic carbocycles. The van der Waals surface area contributed by atoms with Crippen LogP contribution in [-0.4, -0.2) is 40.1 Å². The first kappa shape index (κ1) is 11.8. The van der Waals surface area contributed by atoms with Gasteiger partial charge in [-0.05, 0) is 38.9 Å². The van der Waals surface area contributed by atoms with Crippen LogP contribution >= 0.6 is 11.8 Å². The first-order valence-electron chi connectivity index (χ1n) is 6.81. The van der Waals surface area contributed by atoms with Gasteiger partial charge in [0.2, 0.25) is 5.91 Å². The molecule has 1 N–H and O–H groups in total. The zero-order valence-electron chi connectivity index (χ0n) is 10.7. The fourth-order valence-corrected chi connectivity index (χ4v) is 4.53. The molecule has 3 aliphatic rings. The van der Waals surface area contributed by atoms with Crippen molar-refractivity contribution in [2.75, 3.05) is 6.26 Å². The van der Waals surface area contributed by atoms with Gasteiger partial charge in [-0.15, -0.1) is 0 Å². The number of hydrogen-bond acceptors (Lipinski definition) is 3. The third-order valence-electron chi connectivity index (χ3n) is 4.62. The fraction of sp³-hybridized carbons (Fsp3) is 0.923. The maximum absolute atomic E-state index is 12.5. The third-order valence-corrected chi connectivity index (χ3v) is 5.78. The van der Waals surface area contributed by atoms with Gasteiger partial charge < -0.3 is 4.90 Å². The van der Waals surface area contributed by atoms with Crippen LogP contribution in [0.1, 0.15) is 45.4 Å². The maximum atomic E-state index is 12.5. The molecule has 3 unspecified atom stereocenters. The highest BCUT2D eigenvalue weighted by Crippen LogP contribution is 2.44. The van der Waals surface area contributed by atoms with Crippen LogP contribution in [0.4, 0.5) is 0 Å². The second kappa shape index (κ2) is 4.16. The molecule has 1 spiro atoms. The van der Waals surface area contributed by atoms with Crippen LogP contribution in [0.15, 0.2) is 0 Å². The standard InChI is InChI=1S/C13H22N2OS/c1-9-14-13(7-8-13)12(16)15(9)10-5-3-4-6-11(10)17-2/h9-11,14H,3-8H2,1-2H3. The maximum Gasteiger partial charge on any atom is 0.244 e. The van der Waals surface area contributed by atoms with Crippen LogP contribution in [0.5, 0.6) is 0 Å². The molecule has 1 saturated heterocycles. The molecule has 0 radical (unpaired) electrons. The van der Waals surface area contributed by atoms with E-state index in [0.717, 1.165) is 12.8 Å².